The average Bonchev–Trinajstić information content (AvgIpc) is 2.40. The summed E-state index contributed by atoms with van der Waals surface area (Å²) in [4.78, 5) is 13.5. The predicted octanol–water partition coefficient (Wildman–Crippen LogP) is 1.22. The molecule has 0 fully saturated rings. The van der Waals surface area contributed by atoms with E-state index >= 15 is 0 Å². The van der Waals surface area contributed by atoms with Gasteiger partial charge >= 0.3 is 5.97 Å². The zero-order valence-electron chi connectivity index (χ0n) is 11.1. The van der Waals surface area contributed by atoms with Crippen molar-refractivity contribution in [2.24, 2.45) is 0 Å². The summed E-state index contributed by atoms with van der Waals surface area (Å²) >= 11 is 0. The van der Waals surface area contributed by atoms with Gasteiger partial charge in [0.2, 0.25) is 0 Å². The number of benzene rings is 1. The Bertz CT molecular complexity index is 379. The first-order valence-electron chi connectivity index (χ1n) is 6.18. The number of ether oxygens (including phenoxy) is 1. The highest BCUT2D eigenvalue weighted by molar-refractivity contribution is 5.72. The van der Waals surface area contributed by atoms with E-state index in [0.717, 1.165) is 24.2 Å². The molecular weight excluding hydrogens is 230 g/mol. The Labute approximate surface area is 108 Å². The van der Waals surface area contributed by atoms with Gasteiger partial charge in [0.25, 0.3) is 0 Å². The van der Waals surface area contributed by atoms with Crippen LogP contribution in [0, 0.1) is 0 Å². The quantitative estimate of drug-likeness (QED) is 0.740. The van der Waals surface area contributed by atoms with Crippen LogP contribution in [0.5, 0.6) is 0 Å². The van der Waals surface area contributed by atoms with Crippen molar-refractivity contribution < 1.29 is 14.6 Å². The van der Waals surface area contributed by atoms with Gasteiger partial charge in [-0.3, -0.25) is 9.69 Å². The number of rotatable bonds is 7. The Morgan fingerprint density at radius 2 is 2.00 bits per heavy atom. The molecule has 0 aliphatic rings. The molecule has 0 amide bonds. The fourth-order valence-corrected chi connectivity index (χ4v) is 1.84. The first-order valence-corrected chi connectivity index (χ1v) is 6.18. The normalized spacial score (nSPS) is 10.7. The van der Waals surface area contributed by atoms with Crippen molar-refractivity contribution in [1.29, 1.82) is 0 Å². The summed E-state index contributed by atoms with van der Waals surface area (Å²) in [6.45, 7) is 4.45. The van der Waals surface area contributed by atoms with Crippen molar-refractivity contribution in [1.82, 2.24) is 4.90 Å². The minimum Gasteiger partial charge on any atom is -0.469 e. The number of carbonyl (C=O) groups is 1. The largest absolute Gasteiger partial charge is 0.469 e. The van der Waals surface area contributed by atoms with Crippen LogP contribution in [0.25, 0.3) is 0 Å². The SMILES string of the molecule is CCN(CCO)Cc1ccccc1CC(=O)OC. The van der Waals surface area contributed by atoms with Crippen molar-refractivity contribution in [2.75, 3.05) is 26.8 Å². The van der Waals surface area contributed by atoms with Crippen LogP contribution in [0.2, 0.25) is 0 Å². The second-order valence-corrected chi connectivity index (χ2v) is 4.11. The number of carbonyl (C=O) groups excluding carboxylic acids is 1. The van der Waals surface area contributed by atoms with Gasteiger partial charge in [-0.15, -0.1) is 0 Å². The zero-order valence-corrected chi connectivity index (χ0v) is 11.1. The Morgan fingerprint density at radius 3 is 2.56 bits per heavy atom. The summed E-state index contributed by atoms with van der Waals surface area (Å²) < 4.78 is 4.70. The molecule has 0 heterocycles. The molecule has 0 atom stereocenters. The maximum Gasteiger partial charge on any atom is 0.309 e. The molecule has 1 aromatic rings. The first-order chi connectivity index (χ1) is 8.71. The Balaban J connectivity index is 2.77. The van der Waals surface area contributed by atoms with Crippen LogP contribution >= 0.6 is 0 Å². The van der Waals surface area contributed by atoms with Gasteiger partial charge in [0.1, 0.15) is 0 Å². The number of aliphatic hydroxyl groups excluding tert-OH is 1. The molecule has 0 saturated carbocycles. The Morgan fingerprint density at radius 1 is 1.33 bits per heavy atom. The van der Waals surface area contributed by atoms with Gasteiger partial charge in [-0.05, 0) is 17.7 Å². The molecule has 1 rings (SSSR count). The van der Waals surface area contributed by atoms with Gasteiger partial charge in [-0.1, -0.05) is 31.2 Å². The molecule has 0 aliphatic carbocycles. The lowest BCUT2D eigenvalue weighted by Gasteiger charge is -2.20. The van der Waals surface area contributed by atoms with Gasteiger partial charge < -0.3 is 9.84 Å². The molecule has 0 unspecified atom stereocenters. The summed E-state index contributed by atoms with van der Waals surface area (Å²) in [5.41, 5.74) is 2.10. The number of hydrogen-bond acceptors (Lipinski definition) is 4. The second kappa shape index (κ2) is 7.84. The molecular formula is C14H21NO3. The van der Waals surface area contributed by atoms with Gasteiger partial charge in [-0.2, -0.15) is 0 Å². The predicted molar refractivity (Wildman–Crippen MR) is 70.2 cm³/mol. The van der Waals surface area contributed by atoms with Crippen molar-refractivity contribution in [3.05, 3.63) is 35.4 Å². The van der Waals surface area contributed by atoms with Crippen LogP contribution in [-0.2, 0) is 22.5 Å². The maximum atomic E-state index is 11.3. The minimum absolute atomic E-state index is 0.146. The van der Waals surface area contributed by atoms with E-state index in [1.807, 2.05) is 24.3 Å². The number of hydrogen-bond donors (Lipinski definition) is 1. The van der Waals surface area contributed by atoms with Crippen LogP contribution in [0.15, 0.2) is 24.3 Å². The molecule has 1 aromatic carbocycles. The van der Waals surface area contributed by atoms with Crippen molar-refractivity contribution >= 4 is 5.97 Å². The van der Waals surface area contributed by atoms with E-state index < -0.39 is 0 Å². The van der Waals surface area contributed by atoms with E-state index in [9.17, 15) is 4.79 Å². The minimum atomic E-state index is -0.229. The fraction of sp³-hybridized carbons (Fsp3) is 0.500. The number of likely N-dealkylation sites (N-methyl/N-ethyl adjacent to an activating group) is 1. The van der Waals surface area contributed by atoms with Crippen LogP contribution in [0.1, 0.15) is 18.1 Å². The summed E-state index contributed by atoms with van der Waals surface area (Å²) in [6.07, 6.45) is 0.295. The second-order valence-electron chi connectivity index (χ2n) is 4.11. The standard InChI is InChI=1S/C14H21NO3/c1-3-15(8-9-16)11-13-7-5-4-6-12(13)10-14(17)18-2/h4-7,16H,3,8-11H2,1-2H3. The molecule has 1 N–H and O–H groups in total. The summed E-state index contributed by atoms with van der Waals surface area (Å²) in [5, 5.41) is 8.98. The average molecular weight is 251 g/mol. The third-order valence-corrected chi connectivity index (χ3v) is 2.94. The van der Waals surface area contributed by atoms with Gasteiger partial charge in [0, 0.05) is 13.1 Å². The zero-order chi connectivity index (χ0) is 13.4. The molecule has 0 aliphatic heterocycles. The van der Waals surface area contributed by atoms with Crippen LogP contribution in [0.4, 0.5) is 0 Å². The third kappa shape index (κ3) is 4.47. The van der Waals surface area contributed by atoms with Gasteiger partial charge in [0.05, 0.1) is 20.1 Å². The van der Waals surface area contributed by atoms with E-state index in [1.165, 1.54) is 7.11 Å². The van der Waals surface area contributed by atoms with Crippen LogP contribution < -0.4 is 0 Å². The lowest BCUT2D eigenvalue weighted by molar-refractivity contribution is -0.139. The topological polar surface area (TPSA) is 49.8 Å². The highest BCUT2D eigenvalue weighted by Gasteiger charge is 2.10. The van der Waals surface area contributed by atoms with Crippen LogP contribution in [-0.4, -0.2) is 42.8 Å². The number of methoxy groups -OCH3 is 1. The first kappa shape index (κ1) is 14.7. The molecule has 0 radical (unpaired) electrons. The molecule has 4 nitrogen and oxygen atoms in total. The third-order valence-electron chi connectivity index (χ3n) is 2.94. The van der Waals surface area contributed by atoms with Crippen molar-refractivity contribution in [3.63, 3.8) is 0 Å². The number of nitrogens with zero attached hydrogens (tertiary/aromatic N) is 1. The molecule has 0 spiro atoms. The van der Waals surface area contributed by atoms with Crippen LogP contribution in [0.3, 0.4) is 0 Å². The molecule has 0 bridgehead atoms. The number of aliphatic hydroxyl groups is 1. The molecule has 100 valence electrons. The van der Waals surface area contributed by atoms with E-state index in [0.29, 0.717) is 13.0 Å². The van der Waals surface area contributed by atoms with Gasteiger partial charge in [-0.25, -0.2) is 0 Å². The Hall–Kier alpha value is -1.39. The molecule has 0 aromatic heterocycles. The summed E-state index contributed by atoms with van der Waals surface area (Å²) in [7, 11) is 1.40. The van der Waals surface area contributed by atoms with Gasteiger partial charge in [0.15, 0.2) is 0 Å². The smallest absolute Gasteiger partial charge is 0.309 e. The molecule has 18 heavy (non-hydrogen) atoms. The monoisotopic (exact) mass is 251 g/mol. The van der Waals surface area contributed by atoms with E-state index in [4.69, 9.17) is 9.84 Å². The summed E-state index contributed by atoms with van der Waals surface area (Å²) in [5.74, 6) is -0.229. The lowest BCUT2D eigenvalue weighted by Crippen LogP contribution is -2.26. The Kier molecular flexibility index (Phi) is 6.39. The fourth-order valence-electron chi connectivity index (χ4n) is 1.84. The lowest BCUT2D eigenvalue weighted by atomic mass is 10.0. The maximum absolute atomic E-state index is 11.3. The van der Waals surface area contributed by atoms with E-state index in [1.54, 1.807) is 0 Å². The van der Waals surface area contributed by atoms with E-state index in [-0.39, 0.29) is 12.6 Å². The highest BCUT2D eigenvalue weighted by Crippen LogP contribution is 2.13. The molecule has 4 heteroatoms. The number of esters is 1. The highest BCUT2D eigenvalue weighted by atomic mass is 16.5. The van der Waals surface area contributed by atoms with E-state index in [2.05, 4.69) is 11.8 Å². The van der Waals surface area contributed by atoms with Crippen molar-refractivity contribution in [2.45, 2.75) is 19.9 Å². The van der Waals surface area contributed by atoms with Crippen molar-refractivity contribution in [3.8, 4) is 0 Å². The summed E-state index contributed by atoms with van der Waals surface area (Å²) in [6, 6.07) is 7.84. The molecule has 0 saturated heterocycles.